The summed E-state index contributed by atoms with van der Waals surface area (Å²) in [5.41, 5.74) is 0.811. The minimum absolute atomic E-state index is 0.0503. The fourth-order valence-corrected chi connectivity index (χ4v) is 3.40. The number of ether oxygens (including phenoxy) is 1. The van der Waals surface area contributed by atoms with Crippen molar-refractivity contribution in [1.82, 2.24) is 9.78 Å². The average molecular weight is 492 g/mol. The van der Waals surface area contributed by atoms with Crippen LogP contribution in [-0.4, -0.2) is 27.5 Å². The summed E-state index contributed by atoms with van der Waals surface area (Å²) in [4.78, 5) is 24.8. The van der Waals surface area contributed by atoms with E-state index in [1.807, 2.05) is 0 Å². The number of aromatic amines is 1. The molecule has 1 heterocycles. The van der Waals surface area contributed by atoms with Gasteiger partial charge < -0.3 is 9.84 Å². The summed E-state index contributed by atoms with van der Waals surface area (Å²) in [5, 5.41) is 14.7. The summed E-state index contributed by atoms with van der Waals surface area (Å²) in [6.07, 6.45) is 3.97. The number of aromatic hydroxyl groups is 1. The molecular formula is C22H20BrClN2O4. The highest BCUT2D eigenvalue weighted by molar-refractivity contribution is 9.10. The Morgan fingerprint density at radius 2 is 2.00 bits per heavy atom. The third kappa shape index (κ3) is 5.23. The standard InChI is InChI=1S/C22H20BrClN2O4/c1-2-30-21(28)5-3-4-19-18(13-14-12-15(23)6-11-20(14)27)22(29)26(25-19)17-9-7-16(24)8-10-17/h4,6-13,25,27H,2-3,5H2,1H3. The van der Waals surface area contributed by atoms with Crippen LogP contribution in [0, 0.1) is 0 Å². The summed E-state index contributed by atoms with van der Waals surface area (Å²) in [6.45, 7) is 2.08. The molecule has 0 radical (unpaired) electrons. The highest BCUT2D eigenvalue weighted by Gasteiger charge is 2.08. The van der Waals surface area contributed by atoms with E-state index in [-0.39, 0.29) is 23.7 Å². The summed E-state index contributed by atoms with van der Waals surface area (Å²) >= 11 is 9.33. The smallest absolute Gasteiger partial charge is 0.306 e. The maximum atomic E-state index is 13.1. The van der Waals surface area contributed by atoms with Gasteiger partial charge in [-0.3, -0.25) is 14.7 Å². The van der Waals surface area contributed by atoms with Gasteiger partial charge in [0, 0.05) is 21.5 Å². The lowest BCUT2D eigenvalue weighted by Crippen LogP contribution is -2.34. The lowest BCUT2D eigenvalue weighted by molar-refractivity contribution is -0.142. The third-order valence-electron chi connectivity index (χ3n) is 4.33. The van der Waals surface area contributed by atoms with Gasteiger partial charge in [0.1, 0.15) is 5.75 Å². The number of hydrogen-bond donors (Lipinski definition) is 2. The summed E-state index contributed by atoms with van der Waals surface area (Å²) < 4.78 is 7.12. The van der Waals surface area contributed by atoms with Crippen LogP contribution >= 0.6 is 27.5 Å². The summed E-state index contributed by atoms with van der Waals surface area (Å²) in [7, 11) is 0. The normalized spacial score (nSPS) is 12.4. The summed E-state index contributed by atoms with van der Waals surface area (Å²) in [5.74, 6) is -0.252. The molecule has 6 nitrogen and oxygen atoms in total. The predicted octanol–water partition coefficient (Wildman–Crippen LogP) is 3.24. The third-order valence-corrected chi connectivity index (χ3v) is 5.08. The number of rotatable bonds is 6. The molecule has 3 aromatic rings. The minimum Gasteiger partial charge on any atom is -0.507 e. The van der Waals surface area contributed by atoms with E-state index in [1.165, 1.54) is 4.68 Å². The largest absolute Gasteiger partial charge is 0.507 e. The molecule has 0 fully saturated rings. The minimum atomic E-state index is -0.302. The molecule has 0 unspecified atom stereocenters. The van der Waals surface area contributed by atoms with Crippen LogP contribution < -0.4 is 16.1 Å². The molecule has 0 amide bonds. The second kappa shape index (κ2) is 9.82. The maximum absolute atomic E-state index is 13.1. The SMILES string of the molecule is CCOC(=O)CCC=c1[nH]n(-c2ccc(Cl)cc2)c(=O)c1=Cc1cc(Br)ccc1O. The predicted molar refractivity (Wildman–Crippen MR) is 120 cm³/mol. The van der Waals surface area contributed by atoms with E-state index in [1.54, 1.807) is 61.5 Å². The van der Waals surface area contributed by atoms with Gasteiger partial charge in [-0.05, 0) is 61.9 Å². The molecule has 0 saturated carbocycles. The number of esters is 1. The van der Waals surface area contributed by atoms with Crippen molar-refractivity contribution in [2.75, 3.05) is 6.61 Å². The molecule has 156 valence electrons. The number of nitrogens with zero attached hydrogens (tertiary/aromatic N) is 1. The molecule has 1 aromatic heterocycles. The van der Waals surface area contributed by atoms with Gasteiger partial charge in [-0.25, -0.2) is 4.68 Å². The lowest BCUT2D eigenvalue weighted by atomic mass is 10.1. The molecule has 0 aliphatic heterocycles. The quantitative estimate of drug-likeness (QED) is 0.519. The Hall–Kier alpha value is -2.77. The van der Waals surface area contributed by atoms with Crippen LogP contribution in [0.3, 0.4) is 0 Å². The Labute approximate surface area is 186 Å². The zero-order valence-electron chi connectivity index (χ0n) is 16.2. The topological polar surface area (TPSA) is 84.3 Å². The number of hydrogen-bond acceptors (Lipinski definition) is 4. The van der Waals surface area contributed by atoms with Gasteiger partial charge in [0.15, 0.2) is 0 Å². The van der Waals surface area contributed by atoms with Crippen LogP contribution in [0.25, 0.3) is 17.8 Å². The molecule has 3 rings (SSSR count). The van der Waals surface area contributed by atoms with Gasteiger partial charge in [-0.15, -0.1) is 0 Å². The number of benzene rings is 2. The first-order valence-corrected chi connectivity index (χ1v) is 10.5. The first kappa shape index (κ1) is 21.9. The zero-order chi connectivity index (χ0) is 21.7. The van der Waals surface area contributed by atoms with Crippen molar-refractivity contribution < 1.29 is 14.6 Å². The Kier molecular flexibility index (Phi) is 7.18. The van der Waals surface area contributed by atoms with Crippen molar-refractivity contribution in [3.8, 4) is 11.4 Å². The molecule has 0 bridgehead atoms. The van der Waals surface area contributed by atoms with Crippen molar-refractivity contribution in [3.63, 3.8) is 0 Å². The first-order chi connectivity index (χ1) is 14.4. The van der Waals surface area contributed by atoms with Gasteiger partial charge in [0.2, 0.25) is 0 Å². The zero-order valence-corrected chi connectivity index (χ0v) is 18.5. The number of aromatic nitrogens is 2. The van der Waals surface area contributed by atoms with Crippen LogP contribution in [0.15, 0.2) is 51.7 Å². The molecule has 8 heteroatoms. The number of phenolic OH excluding ortho intramolecular Hbond substituents is 1. The van der Waals surface area contributed by atoms with Crippen LogP contribution in [-0.2, 0) is 9.53 Å². The summed E-state index contributed by atoms with van der Waals surface area (Å²) in [6, 6.07) is 11.8. The Morgan fingerprint density at radius 1 is 1.27 bits per heavy atom. The van der Waals surface area contributed by atoms with E-state index in [4.69, 9.17) is 16.3 Å². The van der Waals surface area contributed by atoms with E-state index in [2.05, 4.69) is 21.0 Å². The number of nitrogens with one attached hydrogen (secondary N) is 1. The average Bonchev–Trinajstić information content (AvgIpc) is 3.01. The van der Waals surface area contributed by atoms with Gasteiger partial charge in [-0.2, -0.15) is 0 Å². The second-order valence-electron chi connectivity index (χ2n) is 6.45. The Balaban J connectivity index is 2.14. The van der Waals surface area contributed by atoms with Crippen LogP contribution in [0.5, 0.6) is 5.75 Å². The van der Waals surface area contributed by atoms with Gasteiger partial charge in [0.05, 0.1) is 22.9 Å². The van der Waals surface area contributed by atoms with Gasteiger partial charge in [0.25, 0.3) is 5.56 Å². The fraction of sp³-hybridized carbons (Fsp3) is 0.182. The van der Waals surface area contributed by atoms with Crippen molar-refractivity contribution in [3.05, 3.63) is 78.4 Å². The number of phenols is 1. The molecule has 0 saturated heterocycles. The first-order valence-electron chi connectivity index (χ1n) is 9.32. The van der Waals surface area contributed by atoms with Crippen molar-refractivity contribution >= 4 is 45.7 Å². The number of carbonyl (C=O) groups is 1. The van der Waals surface area contributed by atoms with Crippen molar-refractivity contribution in [1.29, 1.82) is 0 Å². The highest BCUT2D eigenvalue weighted by atomic mass is 79.9. The lowest BCUT2D eigenvalue weighted by Gasteiger charge is -2.00. The monoisotopic (exact) mass is 490 g/mol. The van der Waals surface area contributed by atoms with Gasteiger partial charge in [-0.1, -0.05) is 33.6 Å². The van der Waals surface area contributed by atoms with E-state index >= 15 is 0 Å². The highest BCUT2D eigenvalue weighted by Crippen LogP contribution is 2.22. The number of halogens is 2. The second-order valence-corrected chi connectivity index (χ2v) is 7.80. The van der Waals surface area contributed by atoms with E-state index in [0.29, 0.717) is 39.9 Å². The van der Waals surface area contributed by atoms with E-state index < -0.39 is 0 Å². The number of H-pyrrole nitrogens is 1. The molecule has 30 heavy (non-hydrogen) atoms. The molecule has 0 atom stereocenters. The molecular weight excluding hydrogens is 472 g/mol. The fourth-order valence-electron chi connectivity index (χ4n) is 2.90. The van der Waals surface area contributed by atoms with E-state index in [9.17, 15) is 14.7 Å². The van der Waals surface area contributed by atoms with Crippen LogP contribution in [0.4, 0.5) is 0 Å². The Morgan fingerprint density at radius 3 is 2.70 bits per heavy atom. The molecule has 0 spiro atoms. The maximum Gasteiger partial charge on any atom is 0.306 e. The van der Waals surface area contributed by atoms with E-state index in [0.717, 1.165) is 4.47 Å². The molecule has 2 aromatic carbocycles. The van der Waals surface area contributed by atoms with Crippen LogP contribution in [0.1, 0.15) is 25.3 Å². The van der Waals surface area contributed by atoms with Crippen molar-refractivity contribution in [2.24, 2.45) is 0 Å². The van der Waals surface area contributed by atoms with Crippen LogP contribution in [0.2, 0.25) is 5.02 Å². The number of carbonyl (C=O) groups excluding carboxylic acids is 1. The molecule has 0 aliphatic carbocycles. The molecule has 0 aliphatic rings. The molecule has 2 N–H and O–H groups in total. The van der Waals surface area contributed by atoms with Gasteiger partial charge >= 0.3 is 5.97 Å². The Bertz CT molecular complexity index is 1230. The van der Waals surface area contributed by atoms with Crippen molar-refractivity contribution in [2.45, 2.75) is 19.8 Å².